The molecule has 0 aromatic heterocycles. The van der Waals surface area contributed by atoms with Crippen molar-refractivity contribution in [3.8, 4) is 0 Å². The molecule has 5 heteroatoms. The lowest BCUT2D eigenvalue weighted by Gasteiger charge is -2.35. The maximum Gasteiger partial charge on any atom is 0.251 e. The third-order valence-electron chi connectivity index (χ3n) is 4.37. The second-order valence-corrected chi connectivity index (χ2v) is 8.20. The maximum atomic E-state index is 12.4. The molecule has 1 aliphatic carbocycles. The molecule has 2 atom stereocenters. The molecule has 1 aromatic carbocycles. The fourth-order valence-corrected chi connectivity index (χ4v) is 3.74. The van der Waals surface area contributed by atoms with Crippen molar-refractivity contribution in [1.29, 1.82) is 0 Å². The number of benzene rings is 1. The first kappa shape index (κ1) is 16.0. The zero-order valence-electron chi connectivity index (χ0n) is 12.8. The van der Waals surface area contributed by atoms with E-state index in [1.165, 1.54) is 18.6 Å². The van der Waals surface area contributed by atoms with E-state index < -0.39 is 9.84 Å². The Morgan fingerprint density at radius 3 is 2.38 bits per heavy atom. The average molecular weight is 309 g/mol. The smallest absolute Gasteiger partial charge is 0.251 e. The fourth-order valence-electron chi connectivity index (χ4n) is 3.07. The van der Waals surface area contributed by atoms with Gasteiger partial charge in [0.15, 0.2) is 9.84 Å². The SMILES string of the molecule is CC1CCCC(C)C1NC(=O)c1cccc(S(C)(=O)=O)c1. The van der Waals surface area contributed by atoms with Crippen LogP contribution >= 0.6 is 0 Å². The molecule has 0 bridgehead atoms. The van der Waals surface area contributed by atoms with Crippen LogP contribution in [0, 0.1) is 11.8 Å². The van der Waals surface area contributed by atoms with Crippen molar-refractivity contribution in [2.24, 2.45) is 11.8 Å². The summed E-state index contributed by atoms with van der Waals surface area (Å²) in [7, 11) is -3.29. The first-order chi connectivity index (χ1) is 9.79. The largest absolute Gasteiger partial charge is 0.349 e. The van der Waals surface area contributed by atoms with Crippen LogP contribution in [0.1, 0.15) is 43.5 Å². The second-order valence-electron chi connectivity index (χ2n) is 6.18. The lowest BCUT2D eigenvalue weighted by atomic mass is 9.78. The number of sulfone groups is 1. The highest BCUT2D eigenvalue weighted by atomic mass is 32.2. The molecule has 2 unspecified atom stereocenters. The highest BCUT2D eigenvalue weighted by Gasteiger charge is 2.29. The molecule has 0 heterocycles. The molecular formula is C16H23NO3S. The standard InChI is InChI=1S/C16H23NO3S/c1-11-6-4-7-12(2)15(11)17-16(18)13-8-5-9-14(10-13)21(3,19)20/h5,8-12,15H,4,6-7H2,1-3H3,(H,17,18). The molecule has 1 aromatic rings. The van der Waals surface area contributed by atoms with E-state index in [9.17, 15) is 13.2 Å². The van der Waals surface area contributed by atoms with E-state index in [2.05, 4.69) is 19.2 Å². The lowest BCUT2D eigenvalue weighted by molar-refractivity contribution is 0.0880. The van der Waals surface area contributed by atoms with E-state index in [1.54, 1.807) is 12.1 Å². The Bertz CT molecular complexity index is 614. The second kappa shape index (κ2) is 6.18. The van der Waals surface area contributed by atoms with Crippen molar-refractivity contribution < 1.29 is 13.2 Å². The molecule has 1 amide bonds. The van der Waals surface area contributed by atoms with Crippen LogP contribution < -0.4 is 5.32 Å². The van der Waals surface area contributed by atoms with Gasteiger partial charge in [-0.25, -0.2) is 8.42 Å². The quantitative estimate of drug-likeness (QED) is 0.933. The number of amides is 1. The Labute approximate surface area is 126 Å². The third kappa shape index (κ3) is 3.84. The van der Waals surface area contributed by atoms with Crippen molar-refractivity contribution in [2.45, 2.75) is 44.0 Å². The summed E-state index contributed by atoms with van der Waals surface area (Å²) in [5.41, 5.74) is 0.405. The van der Waals surface area contributed by atoms with E-state index in [4.69, 9.17) is 0 Å². The molecule has 4 nitrogen and oxygen atoms in total. The number of rotatable bonds is 3. The number of hydrogen-bond donors (Lipinski definition) is 1. The fraction of sp³-hybridized carbons (Fsp3) is 0.562. The van der Waals surface area contributed by atoms with Crippen LogP contribution in [0.4, 0.5) is 0 Å². The van der Waals surface area contributed by atoms with Gasteiger partial charge in [-0.15, -0.1) is 0 Å². The Balaban J connectivity index is 2.17. The van der Waals surface area contributed by atoms with Gasteiger partial charge in [-0.3, -0.25) is 4.79 Å². The minimum atomic E-state index is -3.29. The summed E-state index contributed by atoms with van der Waals surface area (Å²) in [6.07, 6.45) is 4.60. The molecule has 1 fully saturated rings. The van der Waals surface area contributed by atoms with Crippen molar-refractivity contribution in [1.82, 2.24) is 5.32 Å². The molecule has 0 spiro atoms. The van der Waals surface area contributed by atoms with E-state index >= 15 is 0 Å². The lowest BCUT2D eigenvalue weighted by Crippen LogP contribution is -2.45. The van der Waals surface area contributed by atoms with E-state index in [0.717, 1.165) is 19.1 Å². The van der Waals surface area contributed by atoms with Gasteiger partial charge in [-0.1, -0.05) is 26.3 Å². The summed E-state index contributed by atoms with van der Waals surface area (Å²) < 4.78 is 23.1. The minimum absolute atomic E-state index is 0.160. The molecule has 116 valence electrons. The molecule has 0 saturated heterocycles. The molecule has 1 saturated carbocycles. The predicted molar refractivity (Wildman–Crippen MR) is 83.0 cm³/mol. The van der Waals surface area contributed by atoms with Crippen LogP contribution in [0.5, 0.6) is 0 Å². The van der Waals surface area contributed by atoms with Crippen molar-refractivity contribution in [3.63, 3.8) is 0 Å². The summed E-state index contributed by atoms with van der Waals surface area (Å²) in [6, 6.07) is 6.38. The van der Waals surface area contributed by atoms with Crippen LogP contribution in [-0.2, 0) is 9.84 Å². The zero-order valence-corrected chi connectivity index (χ0v) is 13.6. The summed E-state index contributed by atoms with van der Waals surface area (Å²) in [5, 5.41) is 3.08. The van der Waals surface area contributed by atoms with E-state index in [-0.39, 0.29) is 16.8 Å². The van der Waals surface area contributed by atoms with Crippen LogP contribution in [0.15, 0.2) is 29.2 Å². The summed E-state index contributed by atoms with van der Waals surface area (Å²) in [6.45, 7) is 4.32. The van der Waals surface area contributed by atoms with E-state index in [0.29, 0.717) is 17.4 Å². The monoisotopic (exact) mass is 309 g/mol. The average Bonchev–Trinajstić information content (AvgIpc) is 2.42. The van der Waals surface area contributed by atoms with Crippen molar-refractivity contribution >= 4 is 15.7 Å². The van der Waals surface area contributed by atoms with E-state index in [1.807, 2.05) is 0 Å². The van der Waals surface area contributed by atoms with Gasteiger partial charge < -0.3 is 5.32 Å². The molecule has 21 heavy (non-hydrogen) atoms. The van der Waals surface area contributed by atoms with Crippen molar-refractivity contribution in [2.75, 3.05) is 6.26 Å². The van der Waals surface area contributed by atoms with Gasteiger partial charge in [0.1, 0.15) is 0 Å². The Morgan fingerprint density at radius 2 is 1.81 bits per heavy atom. The molecule has 0 radical (unpaired) electrons. The minimum Gasteiger partial charge on any atom is -0.349 e. The number of carbonyl (C=O) groups is 1. The van der Waals surface area contributed by atoms with Gasteiger partial charge in [-0.2, -0.15) is 0 Å². The normalized spacial score (nSPS) is 26.3. The highest BCUT2D eigenvalue weighted by Crippen LogP contribution is 2.29. The van der Waals surface area contributed by atoms with Gasteiger partial charge in [0.05, 0.1) is 4.90 Å². The Morgan fingerprint density at radius 1 is 1.19 bits per heavy atom. The van der Waals surface area contributed by atoms with Gasteiger partial charge in [0.25, 0.3) is 5.91 Å². The molecular weight excluding hydrogens is 286 g/mol. The zero-order chi connectivity index (χ0) is 15.6. The number of nitrogens with one attached hydrogen (secondary N) is 1. The Kier molecular flexibility index (Phi) is 4.71. The summed E-state index contributed by atoms with van der Waals surface area (Å²) in [5.74, 6) is 0.720. The molecule has 2 rings (SSSR count). The third-order valence-corrected chi connectivity index (χ3v) is 5.48. The summed E-state index contributed by atoms with van der Waals surface area (Å²) >= 11 is 0. The van der Waals surface area contributed by atoms with Gasteiger partial charge in [0.2, 0.25) is 0 Å². The van der Waals surface area contributed by atoms with Crippen LogP contribution in [0.2, 0.25) is 0 Å². The number of hydrogen-bond acceptors (Lipinski definition) is 3. The number of carbonyl (C=O) groups excluding carboxylic acids is 1. The summed E-state index contributed by atoms with van der Waals surface area (Å²) in [4.78, 5) is 12.6. The van der Waals surface area contributed by atoms with Crippen LogP contribution in [-0.4, -0.2) is 26.6 Å². The maximum absolute atomic E-state index is 12.4. The predicted octanol–water partition coefficient (Wildman–Crippen LogP) is 2.64. The molecule has 1 aliphatic rings. The van der Waals surface area contributed by atoms with Crippen LogP contribution in [0.25, 0.3) is 0 Å². The Hall–Kier alpha value is -1.36. The first-order valence-electron chi connectivity index (χ1n) is 7.40. The van der Waals surface area contributed by atoms with Crippen LogP contribution in [0.3, 0.4) is 0 Å². The van der Waals surface area contributed by atoms with Gasteiger partial charge in [-0.05, 0) is 42.9 Å². The van der Waals surface area contributed by atoms with Gasteiger partial charge in [0, 0.05) is 17.9 Å². The van der Waals surface area contributed by atoms with Gasteiger partial charge >= 0.3 is 0 Å². The molecule has 0 aliphatic heterocycles. The van der Waals surface area contributed by atoms with Crippen molar-refractivity contribution in [3.05, 3.63) is 29.8 Å². The molecule has 1 N–H and O–H groups in total. The first-order valence-corrected chi connectivity index (χ1v) is 9.29. The topological polar surface area (TPSA) is 63.2 Å². The highest BCUT2D eigenvalue weighted by molar-refractivity contribution is 7.90.